The predicted octanol–water partition coefficient (Wildman–Crippen LogP) is 4.68. The van der Waals surface area contributed by atoms with Gasteiger partial charge in [0.25, 0.3) is 0 Å². The smallest absolute Gasteiger partial charge is 0.232 e. The summed E-state index contributed by atoms with van der Waals surface area (Å²) in [5.41, 5.74) is 2.59. The molecule has 0 radical (unpaired) electrons. The zero-order valence-electron chi connectivity index (χ0n) is 12.8. The van der Waals surface area contributed by atoms with Crippen molar-refractivity contribution in [2.24, 2.45) is 0 Å². The van der Waals surface area contributed by atoms with Crippen LogP contribution in [0, 0.1) is 0 Å². The van der Waals surface area contributed by atoms with Gasteiger partial charge in [0.15, 0.2) is 5.76 Å². The maximum absolute atomic E-state index is 12.8. The van der Waals surface area contributed by atoms with Gasteiger partial charge in [-0.05, 0) is 29.3 Å². The van der Waals surface area contributed by atoms with Crippen molar-refractivity contribution in [2.75, 3.05) is 0 Å². The van der Waals surface area contributed by atoms with Gasteiger partial charge in [-0.1, -0.05) is 60.7 Å². The molecule has 0 atom stereocenters. The molecule has 0 saturated carbocycles. The molecule has 3 heteroatoms. The molecule has 3 aromatic carbocycles. The number of rotatable bonds is 2. The van der Waals surface area contributed by atoms with E-state index in [0.29, 0.717) is 16.9 Å². The van der Waals surface area contributed by atoms with Crippen molar-refractivity contribution < 1.29 is 14.6 Å². The van der Waals surface area contributed by atoms with E-state index in [0.717, 1.165) is 11.1 Å². The number of ether oxygens (including phenoxy) is 1. The van der Waals surface area contributed by atoms with Crippen molar-refractivity contribution in [3.05, 3.63) is 89.7 Å². The normalized spacial score (nSPS) is 14.5. The Bertz CT molecular complexity index is 942. The highest BCUT2D eigenvalue weighted by atomic mass is 16.5. The average Bonchev–Trinajstić information content (AvgIpc) is 2.93. The summed E-state index contributed by atoms with van der Waals surface area (Å²) in [6.07, 6.45) is 1.72. The fourth-order valence-electron chi connectivity index (χ4n) is 2.86. The molecule has 1 heterocycles. The van der Waals surface area contributed by atoms with Crippen molar-refractivity contribution in [1.82, 2.24) is 0 Å². The number of phenols is 1. The molecule has 0 bridgehead atoms. The fourth-order valence-corrected chi connectivity index (χ4v) is 2.86. The Morgan fingerprint density at radius 1 is 0.792 bits per heavy atom. The molecule has 1 aliphatic heterocycles. The average molecular weight is 314 g/mol. The summed E-state index contributed by atoms with van der Waals surface area (Å²) in [4.78, 5) is 12.8. The molecule has 0 fully saturated rings. The van der Waals surface area contributed by atoms with Gasteiger partial charge in [0.05, 0.1) is 5.56 Å². The zero-order valence-corrected chi connectivity index (χ0v) is 12.8. The molecule has 1 N–H and O–H groups in total. The highest BCUT2D eigenvalue weighted by molar-refractivity contribution is 6.18. The molecule has 3 aromatic rings. The summed E-state index contributed by atoms with van der Waals surface area (Å²) in [6.45, 7) is 0. The van der Waals surface area contributed by atoms with E-state index in [9.17, 15) is 9.90 Å². The van der Waals surface area contributed by atoms with E-state index in [-0.39, 0.29) is 17.3 Å². The lowest BCUT2D eigenvalue weighted by molar-refractivity contribution is 0.101. The molecule has 24 heavy (non-hydrogen) atoms. The first-order valence-electron chi connectivity index (χ1n) is 7.65. The van der Waals surface area contributed by atoms with E-state index in [1.54, 1.807) is 18.2 Å². The number of hydrogen-bond acceptors (Lipinski definition) is 3. The first-order valence-corrected chi connectivity index (χ1v) is 7.65. The number of carbonyl (C=O) groups is 1. The molecule has 116 valence electrons. The van der Waals surface area contributed by atoms with Crippen LogP contribution in [-0.2, 0) is 0 Å². The van der Waals surface area contributed by atoms with Crippen LogP contribution in [0.25, 0.3) is 17.2 Å². The summed E-state index contributed by atoms with van der Waals surface area (Å²) in [6, 6.07) is 22.1. The van der Waals surface area contributed by atoms with E-state index >= 15 is 0 Å². The van der Waals surface area contributed by atoms with Crippen LogP contribution in [0.4, 0.5) is 0 Å². The van der Waals surface area contributed by atoms with Crippen LogP contribution in [0.1, 0.15) is 15.9 Å². The minimum atomic E-state index is -0.219. The number of phenolic OH excluding ortho intramolecular Hbond substituents is 1. The van der Waals surface area contributed by atoms with Gasteiger partial charge in [0, 0.05) is 5.56 Å². The van der Waals surface area contributed by atoms with Crippen molar-refractivity contribution in [2.45, 2.75) is 0 Å². The van der Waals surface area contributed by atoms with E-state index < -0.39 is 0 Å². The minimum absolute atomic E-state index is 0.0675. The Balaban J connectivity index is 1.84. The highest BCUT2D eigenvalue weighted by Gasteiger charge is 2.32. The van der Waals surface area contributed by atoms with Crippen LogP contribution in [0.5, 0.6) is 11.5 Å². The number of benzene rings is 3. The number of carbonyl (C=O) groups excluding carboxylic acids is 1. The van der Waals surface area contributed by atoms with Crippen LogP contribution < -0.4 is 4.74 Å². The molecule has 0 saturated heterocycles. The Kier molecular flexibility index (Phi) is 3.39. The summed E-state index contributed by atoms with van der Waals surface area (Å²) in [5.74, 6) is 0.583. The molecule has 4 rings (SSSR count). The molecule has 1 aliphatic rings. The number of allylic oxidation sites excluding steroid dienone is 1. The summed E-state index contributed by atoms with van der Waals surface area (Å²) in [5, 5.41) is 10.3. The standard InChI is InChI=1S/C21H14O3/c22-16-11-12-17-20(19(16)15-9-5-2-6-10-15)21(23)18(24-17)13-14-7-3-1-4-8-14/h1-13,22H/b18-13-. The monoisotopic (exact) mass is 314 g/mol. The number of fused-ring (bicyclic) bond motifs is 1. The van der Waals surface area contributed by atoms with Gasteiger partial charge >= 0.3 is 0 Å². The minimum Gasteiger partial charge on any atom is -0.507 e. The van der Waals surface area contributed by atoms with E-state index in [2.05, 4.69) is 0 Å². The second-order valence-corrected chi connectivity index (χ2v) is 5.55. The van der Waals surface area contributed by atoms with Crippen LogP contribution >= 0.6 is 0 Å². The Labute approximate surface area is 139 Å². The number of hydrogen-bond donors (Lipinski definition) is 1. The van der Waals surface area contributed by atoms with E-state index in [4.69, 9.17) is 4.74 Å². The first kappa shape index (κ1) is 14.3. The number of ketones is 1. The predicted molar refractivity (Wildman–Crippen MR) is 92.9 cm³/mol. The van der Waals surface area contributed by atoms with Crippen molar-refractivity contribution in [3.63, 3.8) is 0 Å². The molecule has 0 aliphatic carbocycles. The topological polar surface area (TPSA) is 46.5 Å². The molecule has 0 spiro atoms. The SMILES string of the molecule is O=C1/C(=C/c2ccccc2)Oc2ccc(O)c(-c3ccccc3)c21. The van der Waals surface area contributed by atoms with Gasteiger partial charge in [0.2, 0.25) is 5.78 Å². The molecule has 0 amide bonds. The maximum atomic E-state index is 12.8. The lowest BCUT2D eigenvalue weighted by atomic mass is 9.95. The maximum Gasteiger partial charge on any atom is 0.232 e. The summed E-state index contributed by atoms with van der Waals surface area (Å²) < 4.78 is 5.74. The first-order chi connectivity index (χ1) is 11.7. The van der Waals surface area contributed by atoms with Crippen LogP contribution in [0.15, 0.2) is 78.6 Å². The molecule has 0 unspecified atom stereocenters. The van der Waals surface area contributed by atoms with Crippen LogP contribution in [0.3, 0.4) is 0 Å². The van der Waals surface area contributed by atoms with Crippen molar-refractivity contribution in [1.29, 1.82) is 0 Å². The van der Waals surface area contributed by atoms with Gasteiger partial charge < -0.3 is 9.84 Å². The zero-order chi connectivity index (χ0) is 16.5. The van der Waals surface area contributed by atoms with Crippen molar-refractivity contribution >= 4 is 11.9 Å². The molecule has 0 aromatic heterocycles. The van der Waals surface area contributed by atoms with Gasteiger partial charge in [0.1, 0.15) is 11.5 Å². The lowest BCUT2D eigenvalue weighted by Gasteiger charge is -2.08. The quantitative estimate of drug-likeness (QED) is 0.699. The highest BCUT2D eigenvalue weighted by Crippen LogP contribution is 2.43. The molecular weight excluding hydrogens is 300 g/mol. The van der Waals surface area contributed by atoms with Crippen LogP contribution in [-0.4, -0.2) is 10.9 Å². The third-order valence-corrected chi connectivity index (χ3v) is 3.98. The van der Waals surface area contributed by atoms with Crippen molar-refractivity contribution in [3.8, 4) is 22.6 Å². The van der Waals surface area contributed by atoms with Gasteiger partial charge in [-0.15, -0.1) is 0 Å². The number of aromatic hydroxyl groups is 1. The second kappa shape index (κ2) is 5.70. The van der Waals surface area contributed by atoms with Gasteiger partial charge in [-0.25, -0.2) is 0 Å². The third-order valence-electron chi connectivity index (χ3n) is 3.98. The Hall–Kier alpha value is -3.33. The largest absolute Gasteiger partial charge is 0.507 e. The second-order valence-electron chi connectivity index (χ2n) is 5.55. The third kappa shape index (κ3) is 2.36. The molecule has 3 nitrogen and oxygen atoms in total. The van der Waals surface area contributed by atoms with Gasteiger partial charge in [-0.3, -0.25) is 4.79 Å². The van der Waals surface area contributed by atoms with E-state index in [1.807, 2.05) is 60.7 Å². The summed E-state index contributed by atoms with van der Waals surface area (Å²) in [7, 11) is 0. The van der Waals surface area contributed by atoms with Gasteiger partial charge in [-0.2, -0.15) is 0 Å². The van der Waals surface area contributed by atoms with E-state index in [1.165, 1.54) is 0 Å². The fraction of sp³-hybridized carbons (Fsp3) is 0. The number of Topliss-reactive ketones (excluding diaryl/α,β-unsaturated/α-hetero) is 1. The molecular formula is C21H14O3. The Morgan fingerprint density at radius 2 is 1.46 bits per heavy atom. The summed E-state index contributed by atoms with van der Waals surface area (Å²) >= 11 is 0. The lowest BCUT2D eigenvalue weighted by Crippen LogP contribution is -1.99. The Morgan fingerprint density at radius 3 is 2.17 bits per heavy atom. The van der Waals surface area contributed by atoms with Crippen LogP contribution in [0.2, 0.25) is 0 Å².